The molecule has 4 nitrogen and oxygen atoms in total. The number of alkyl halides is 1. The number of hydrogen-bond donors (Lipinski definition) is 0. The molecular formula is C10H13BrClN3OS. The van der Waals surface area contributed by atoms with Crippen LogP contribution in [0.4, 0.5) is 0 Å². The smallest absolute Gasteiger partial charge is 0.145 e. The summed E-state index contributed by atoms with van der Waals surface area (Å²) in [6, 6.07) is 1.96. The van der Waals surface area contributed by atoms with Gasteiger partial charge in [-0.25, -0.2) is 0 Å². The van der Waals surface area contributed by atoms with Gasteiger partial charge in [0.25, 0.3) is 0 Å². The van der Waals surface area contributed by atoms with Crippen molar-refractivity contribution in [2.24, 2.45) is 19.1 Å². The molecule has 0 spiro atoms. The fraction of sp³-hybridized carbons (Fsp3) is 0.400. The summed E-state index contributed by atoms with van der Waals surface area (Å²) in [6.07, 6.45) is 2.19. The summed E-state index contributed by atoms with van der Waals surface area (Å²) in [4.78, 5) is 14.8. The summed E-state index contributed by atoms with van der Waals surface area (Å²) < 4.78 is 3.90. The normalized spacial score (nSPS) is 13.2. The zero-order valence-corrected chi connectivity index (χ0v) is 12.7. The van der Waals surface area contributed by atoms with Crippen molar-refractivity contribution in [2.75, 3.05) is 12.4 Å². The second-order valence-corrected chi connectivity index (χ2v) is 5.19. The molecule has 7 heteroatoms. The molecule has 0 aromatic carbocycles. The van der Waals surface area contributed by atoms with Crippen molar-refractivity contribution in [1.82, 2.24) is 9.36 Å². The van der Waals surface area contributed by atoms with Crippen molar-refractivity contribution in [2.45, 2.75) is 5.03 Å². The second kappa shape index (κ2) is 7.08. The maximum atomic E-state index is 10.4. The summed E-state index contributed by atoms with van der Waals surface area (Å²) in [5.41, 5.74) is 1.65. The van der Waals surface area contributed by atoms with Gasteiger partial charge < -0.3 is 0 Å². The van der Waals surface area contributed by atoms with Gasteiger partial charge in [0.1, 0.15) is 16.8 Å². The molecule has 0 aliphatic rings. The van der Waals surface area contributed by atoms with Crippen LogP contribution in [0.2, 0.25) is 0 Å². The largest absolute Gasteiger partial charge is 0.299 e. The Kier molecular flexibility index (Phi) is 6.08. The lowest BCUT2D eigenvalue weighted by molar-refractivity contribution is -0.104. The van der Waals surface area contributed by atoms with E-state index in [-0.39, 0.29) is 0 Å². The van der Waals surface area contributed by atoms with E-state index in [2.05, 4.69) is 19.8 Å². The van der Waals surface area contributed by atoms with Gasteiger partial charge in [0.05, 0.1) is 6.54 Å². The van der Waals surface area contributed by atoms with E-state index in [1.165, 1.54) is 16.3 Å². The molecule has 1 rings (SSSR count). The van der Waals surface area contributed by atoms with E-state index in [0.717, 1.165) is 22.4 Å². The van der Waals surface area contributed by atoms with E-state index in [1.54, 1.807) is 0 Å². The van der Waals surface area contributed by atoms with Crippen LogP contribution in [0, 0.1) is 0 Å². The van der Waals surface area contributed by atoms with Gasteiger partial charge in [-0.3, -0.25) is 19.2 Å². The van der Waals surface area contributed by atoms with Gasteiger partial charge in [0.15, 0.2) is 0 Å². The average molecular weight is 339 g/mol. The zero-order chi connectivity index (χ0) is 12.8. The molecule has 0 aliphatic carbocycles. The quantitative estimate of drug-likeness (QED) is 0.468. The number of hydrogen-bond acceptors (Lipinski definition) is 3. The number of nitrogens with zero attached hydrogens (tertiary/aromatic N) is 3. The van der Waals surface area contributed by atoms with Crippen LogP contribution in [-0.4, -0.2) is 28.1 Å². The minimum atomic E-state index is 0.318. The highest BCUT2D eigenvalue weighted by Gasteiger charge is 2.02. The number of rotatable bonds is 5. The maximum absolute atomic E-state index is 10.4. The van der Waals surface area contributed by atoms with Crippen LogP contribution in [0.25, 0.3) is 0 Å². The summed E-state index contributed by atoms with van der Waals surface area (Å²) in [7, 11) is 5.36. The lowest BCUT2D eigenvalue weighted by Crippen LogP contribution is -2.19. The van der Waals surface area contributed by atoms with Crippen molar-refractivity contribution in [3.8, 4) is 0 Å². The Labute approximate surface area is 117 Å². The van der Waals surface area contributed by atoms with Crippen LogP contribution in [0.3, 0.4) is 0 Å². The minimum Gasteiger partial charge on any atom is -0.299 e. The molecular weight excluding hydrogens is 326 g/mol. The molecule has 1 heterocycles. The molecule has 1 aromatic heterocycles. The maximum Gasteiger partial charge on any atom is 0.145 e. The number of carbonyl (C=O) groups excluding carboxylic acids is 1. The summed E-state index contributed by atoms with van der Waals surface area (Å²) in [6.45, 7) is 0.437. The summed E-state index contributed by atoms with van der Waals surface area (Å²) in [5.74, 6) is 0.318. The molecule has 94 valence electrons. The highest BCUT2D eigenvalue weighted by atomic mass is 79.9. The first-order valence-electron chi connectivity index (χ1n) is 4.85. The van der Waals surface area contributed by atoms with E-state index in [1.807, 2.05) is 29.5 Å². The molecule has 0 fully saturated rings. The molecule has 0 saturated heterocycles. The van der Waals surface area contributed by atoms with Crippen molar-refractivity contribution in [1.29, 1.82) is 0 Å². The number of aldehydes is 1. The first kappa shape index (κ1) is 14.6. The standard InChI is InChI=1S/C10H13BrClN3OS/c1-14-9(5-10(17-11)15(14)2)13-7-8(6-12)3-4-16/h3-5H,6-7H2,1-2H3/b8-3-,13-9?. The van der Waals surface area contributed by atoms with Crippen molar-refractivity contribution < 1.29 is 4.79 Å². The van der Waals surface area contributed by atoms with Crippen LogP contribution in [0.5, 0.6) is 0 Å². The lowest BCUT2D eigenvalue weighted by Gasteiger charge is -2.02. The predicted molar refractivity (Wildman–Crippen MR) is 74.5 cm³/mol. The van der Waals surface area contributed by atoms with Gasteiger partial charge >= 0.3 is 0 Å². The highest BCUT2D eigenvalue weighted by Crippen LogP contribution is 2.21. The summed E-state index contributed by atoms with van der Waals surface area (Å²) >= 11 is 9.04. The van der Waals surface area contributed by atoms with Crippen LogP contribution >= 0.6 is 36.6 Å². The zero-order valence-electron chi connectivity index (χ0n) is 9.56. The van der Waals surface area contributed by atoms with E-state index in [4.69, 9.17) is 11.6 Å². The van der Waals surface area contributed by atoms with Crippen molar-refractivity contribution >= 4 is 42.9 Å². The van der Waals surface area contributed by atoms with E-state index >= 15 is 0 Å². The third-order valence-electron chi connectivity index (χ3n) is 2.35. The number of carbonyl (C=O) groups is 1. The molecule has 0 N–H and O–H groups in total. The van der Waals surface area contributed by atoms with Gasteiger partial charge in [-0.2, -0.15) is 0 Å². The molecule has 0 radical (unpaired) electrons. The van der Waals surface area contributed by atoms with Gasteiger partial charge in [-0.1, -0.05) is 0 Å². The monoisotopic (exact) mass is 337 g/mol. The average Bonchev–Trinajstić information content (AvgIpc) is 2.61. The fourth-order valence-electron chi connectivity index (χ4n) is 1.24. The van der Waals surface area contributed by atoms with Crippen LogP contribution < -0.4 is 5.49 Å². The molecule has 0 aliphatic heterocycles. The molecule has 0 amide bonds. The number of aromatic nitrogens is 2. The Balaban J connectivity index is 3.00. The van der Waals surface area contributed by atoms with Gasteiger partial charge in [-0.15, -0.1) is 11.6 Å². The Morgan fingerprint density at radius 3 is 2.76 bits per heavy atom. The van der Waals surface area contributed by atoms with Gasteiger partial charge in [0.2, 0.25) is 0 Å². The molecule has 0 atom stereocenters. The molecule has 0 saturated carbocycles. The van der Waals surface area contributed by atoms with Gasteiger partial charge in [0, 0.05) is 26.0 Å². The van der Waals surface area contributed by atoms with E-state index < -0.39 is 0 Å². The fourth-order valence-corrected chi connectivity index (χ4v) is 2.69. The first-order chi connectivity index (χ1) is 8.13. The molecule has 0 bridgehead atoms. The minimum absolute atomic E-state index is 0.318. The topological polar surface area (TPSA) is 39.3 Å². The van der Waals surface area contributed by atoms with E-state index in [9.17, 15) is 4.79 Å². The van der Waals surface area contributed by atoms with Crippen LogP contribution in [0.1, 0.15) is 0 Å². The molecule has 0 unspecified atom stereocenters. The highest BCUT2D eigenvalue weighted by molar-refractivity contribution is 9.50. The summed E-state index contributed by atoms with van der Waals surface area (Å²) in [5, 5.41) is 1.05. The van der Waals surface area contributed by atoms with Gasteiger partial charge in [-0.05, 0) is 36.7 Å². The molecule has 1 aromatic rings. The first-order valence-corrected chi connectivity index (χ1v) is 8.04. The second-order valence-electron chi connectivity index (χ2n) is 3.38. The Hall–Kier alpha value is -0.460. The number of halogens is 2. The Morgan fingerprint density at radius 2 is 2.29 bits per heavy atom. The van der Waals surface area contributed by atoms with Crippen molar-refractivity contribution in [3.05, 3.63) is 23.2 Å². The number of allylic oxidation sites excluding steroid dienone is 1. The predicted octanol–water partition coefficient (Wildman–Crippen LogP) is 2.03. The third kappa shape index (κ3) is 3.76. The van der Waals surface area contributed by atoms with E-state index in [0.29, 0.717) is 12.4 Å². The van der Waals surface area contributed by atoms with Crippen LogP contribution in [0.15, 0.2) is 27.7 Å². The SMILES string of the molecule is Cn1c(SBr)cc(=NC/C(=C\C=O)CCl)n1C. The van der Waals surface area contributed by atoms with Crippen molar-refractivity contribution in [3.63, 3.8) is 0 Å². The Morgan fingerprint density at radius 1 is 1.59 bits per heavy atom. The molecule has 17 heavy (non-hydrogen) atoms. The van der Waals surface area contributed by atoms with Crippen LogP contribution in [-0.2, 0) is 18.9 Å². The Bertz CT molecular complexity index is 492. The lowest BCUT2D eigenvalue weighted by atomic mass is 10.3. The third-order valence-corrected chi connectivity index (χ3v) is 4.23.